The van der Waals surface area contributed by atoms with Crippen molar-refractivity contribution in [3.63, 3.8) is 0 Å². The smallest absolute Gasteiger partial charge is 0.152 e. The van der Waals surface area contributed by atoms with Gasteiger partial charge in [0.05, 0.1) is 0 Å². The van der Waals surface area contributed by atoms with E-state index in [1.807, 2.05) is 6.08 Å². The van der Waals surface area contributed by atoms with Crippen molar-refractivity contribution in [1.82, 2.24) is 0 Å². The number of hydrogen-bond acceptors (Lipinski definition) is 1. The van der Waals surface area contributed by atoms with E-state index in [-0.39, 0.29) is 5.78 Å². The van der Waals surface area contributed by atoms with E-state index >= 15 is 0 Å². The predicted molar refractivity (Wildman–Crippen MR) is 48.4 cm³/mol. The molecule has 0 saturated heterocycles. The molecule has 1 heteroatoms. The van der Waals surface area contributed by atoms with Crippen LogP contribution in [0.15, 0.2) is 12.2 Å². The van der Waals surface area contributed by atoms with Crippen LogP contribution in [0.2, 0.25) is 0 Å². The first-order valence-corrected chi connectivity index (χ1v) is 4.26. The monoisotopic (exact) mass is 154 g/mol. The Morgan fingerprint density at radius 2 is 2.00 bits per heavy atom. The van der Waals surface area contributed by atoms with E-state index in [1.54, 1.807) is 13.0 Å². The van der Waals surface area contributed by atoms with Gasteiger partial charge in [-0.25, -0.2) is 0 Å². The maximum Gasteiger partial charge on any atom is 0.152 e. The molecule has 64 valence electrons. The highest BCUT2D eigenvalue weighted by atomic mass is 16.1. The van der Waals surface area contributed by atoms with Gasteiger partial charge in [-0.3, -0.25) is 4.79 Å². The third-order valence-electron chi connectivity index (χ3n) is 2.18. The van der Waals surface area contributed by atoms with Gasteiger partial charge in [0.15, 0.2) is 5.78 Å². The number of ketones is 1. The average Bonchev–Trinajstić information content (AvgIpc) is 1.98. The second-order valence-corrected chi connectivity index (χ2v) is 3.21. The summed E-state index contributed by atoms with van der Waals surface area (Å²) in [5.41, 5.74) is 0. The first-order chi connectivity index (χ1) is 5.07. The van der Waals surface area contributed by atoms with Gasteiger partial charge in [0.2, 0.25) is 0 Å². The van der Waals surface area contributed by atoms with Gasteiger partial charge >= 0.3 is 0 Å². The van der Waals surface area contributed by atoms with Gasteiger partial charge in [0.25, 0.3) is 0 Å². The molecule has 0 N–H and O–H groups in total. The van der Waals surface area contributed by atoms with Gasteiger partial charge in [0, 0.05) is 0 Å². The topological polar surface area (TPSA) is 17.1 Å². The Hall–Kier alpha value is -0.590. The van der Waals surface area contributed by atoms with Crippen molar-refractivity contribution >= 4 is 5.78 Å². The number of carbonyl (C=O) groups excluding carboxylic acids is 1. The number of rotatable bonds is 4. The zero-order valence-electron chi connectivity index (χ0n) is 7.92. The average molecular weight is 154 g/mol. The molecule has 0 aliphatic carbocycles. The van der Waals surface area contributed by atoms with E-state index in [1.165, 1.54) is 6.42 Å². The summed E-state index contributed by atoms with van der Waals surface area (Å²) in [5, 5.41) is 0. The Balaban J connectivity index is 3.85. The predicted octanol–water partition coefficient (Wildman–Crippen LogP) is 2.81. The summed E-state index contributed by atoms with van der Waals surface area (Å²) in [6.45, 7) is 8.10. The zero-order valence-corrected chi connectivity index (χ0v) is 7.92. The van der Waals surface area contributed by atoms with Crippen LogP contribution in [0.3, 0.4) is 0 Å². The van der Waals surface area contributed by atoms with Crippen LogP contribution in [0.5, 0.6) is 0 Å². The maximum atomic E-state index is 10.6. The van der Waals surface area contributed by atoms with Crippen LogP contribution in [-0.4, -0.2) is 5.78 Å². The first kappa shape index (κ1) is 10.4. The molecule has 0 aromatic heterocycles. The SMILES string of the molecule is CCC(C)C(C)/C=C/C(C)=O. The minimum absolute atomic E-state index is 0.139. The molecular formula is C10H18O. The number of carbonyl (C=O) groups is 1. The van der Waals surface area contributed by atoms with Gasteiger partial charge in [-0.05, 0) is 24.8 Å². The van der Waals surface area contributed by atoms with E-state index in [9.17, 15) is 4.79 Å². The lowest BCUT2D eigenvalue weighted by molar-refractivity contribution is -0.112. The van der Waals surface area contributed by atoms with E-state index in [0.717, 1.165) is 0 Å². The Bertz CT molecular complexity index is 147. The molecule has 0 amide bonds. The summed E-state index contributed by atoms with van der Waals surface area (Å²) < 4.78 is 0. The second kappa shape index (κ2) is 5.11. The molecule has 0 aromatic rings. The van der Waals surface area contributed by atoms with Gasteiger partial charge in [-0.1, -0.05) is 33.3 Å². The van der Waals surface area contributed by atoms with Gasteiger partial charge in [0.1, 0.15) is 0 Å². The second-order valence-electron chi connectivity index (χ2n) is 3.21. The molecule has 2 atom stereocenters. The molecule has 0 spiro atoms. The fourth-order valence-corrected chi connectivity index (χ4v) is 0.849. The van der Waals surface area contributed by atoms with Crippen LogP contribution in [0, 0.1) is 11.8 Å². The van der Waals surface area contributed by atoms with Gasteiger partial charge in [-0.2, -0.15) is 0 Å². The standard InChI is InChI=1S/C10H18O/c1-5-8(2)9(3)6-7-10(4)11/h6-9H,5H2,1-4H3/b7-6+. The minimum atomic E-state index is 0.139. The number of allylic oxidation sites excluding steroid dienone is 2. The normalized spacial score (nSPS) is 16.7. The fraction of sp³-hybridized carbons (Fsp3) is 0.700. The molecule has 2 unspecified atom stereocenters. The highest BCUT2D eigenvalue weighted by molar-refractivity contribution is 5.87. The molecule has 0 fully saturated rings. The molecule has 0 aliphatic rings. The molecule has 0 saturated carbocycles. The van der Waals surface area contributed by atoms with Gasteiger partial charge in [-0.15, -0.1) is 0 Å². The molecule has 1 nitrogen and oxygen atoms in total. The lowest BCUT2D eigenvalue weighted by atomic mass is 9.93. The third kappa shape index (κ3) is 4.77. The summed E-state index contributed by atoms with van der Waals surface area (Å²) >= 11 is 0. The van der Waals surface area contributed by atoms with E-state index in [4.69, 9.17) is 0 Å². The fourth-order valence-electron chi connectivity index (χ4n) is 0.849. The lowest BCUT2D eigenvalue weighted by Crippen LogP contribution is -2.03. The van der Waals surface area contributed by atoms with Crippen LogP contribution in [0.25, 0.3) is 0 Å². The van der Waals surface area contributed by atoms with E-state index in [0.29, 0.717) is 11.8 Å². The Kier molecular flexibility index (Phi) is 4.84. The molecule has 0 rings (SSSR count). The molecule has 0 bridgehead atoms. The molecule has 11 heavy (non-hydrogen) atoms. The Morgan fingerprint density at radius 3 is 2.36 bits per heavy atom. The van der Waals surface area contributed by atoms with Crippen molar-refractivity contribution in [2.45, 2.75) is 34.1 Å². The summed E-state index contributed by atoms with van der Waals surface area (Å²) in [5.74, 6) is 1.33. The first-order valence-electron chi connectivity index (χ1n) is 4.26. The van der Waals surface area contributed by atoms with Crippen molar-refractivity contribution in [1.29, 1.82) is 0 Å². The van der Waals surface area contributed by atoms with Crippen molar-refractivity contribution in [2.24, 2.45) is 11.8 Å². The summed E-state index contributed by atoms with van der Waals surface area (Å²) in [6.07, 6.45) is 4.83. The number of hydrogen-bond donors (Lipinski definition) is 0. The Morgan fingerprint density at radius 1 is 1.45 bits per heavy atom. The Labute approximate surface area is 69.5 Å². The molecule has 0 radical (unpaired) electrons. The van der Waals surface area contributed by atoms with E-state index in [2.05, 4.69) is 20.8 Å². The highest BCUT2D eigenvalue weighted by Gasteiger charge is 2.05. The van der Waals surface area contributed by atoms with Crippen molar-refractivity contribution in [2.75, 3.05) is 0 Å². The molecule has 0 heterocycles. The van der Waals surface area contributed by atoms with Crippen LogP contribution in [0.1, 0.15) is 34.1 Å². The van der Waals surface area contributed by atoms with Crippen LogP contribution < -0.4 is 0 Å². The summed E-state index contributed by atoms with van der Waals surface area (Å²) in [6, 6.07) is 0. The zero-order chi connectivity index (χ0) is 8.85. The quantitative estimate of drug-likeness (QED) is 0.569. The van der Waals surface area contributed by atoms with E-state index < -0.39 is 0 Å². The highest BCUT2D eigenvalue weighted by Crippen LogP contribution is 2.15. The molecule has 0 aliphatic heterocycles. The van der Waals surface area contributed by atoms with Crippen LogP contribution >= 0.6 is 0 Å². The van der Waals surface area contributed by atoms with Crippen molar-refractivity contribution < 1.29 is 4.79 Å². The molecule has 0 aromatic carbocycles. The van der Waals surface area contributed by atoms with Crippen LogP contribution in [-0.2, 0) is 4.79 Å². The third-order valence-corrected chi connectivity index (χ3v) is 2.18. The summed E-state index contributed by atoms with van der Waals surface area (Å²) in [4.78, 5) is 10.6. The molecular weight excluding hydrogens is 136 g/mol. The van der Waals surface area contributed by atoms with Crippen LogP contribution in [0.4, 0.5) is 0 Å². The van der Waals surface area contributed by atoms with Gasteiger partial charge < -0.3 is 0 Å². The maximum absolute atomic E-state index is 10.6. The van der Waals surface area contributed by atoms with Crippen molar-refractivity contribution in [3.8, 4) is 0 Å². The lowest BCUT2D eigenvalue weighted by Gasteiger charge is -2.12. The minimum Gasteiger partial charge on any atom is -0.295 e. The summed E-state index contributed by atoms with van der Waals surface area (Å²) in [7, 11) is 0. The van der Waals surface area contributed by atoms with Crippen molar-refractivity contribution in [3.05, 3.63) is 12.2 Å². The largest absolute Gasteiger partial charge is 0.295 e.